The van der Waals surface area contributed by atoms with Crippen molar-refractivity contribution in [3.05, 3.63) is 12.7 Å². The maximum absolute atomic E-state index is 11.6. The van der Waals surface area contributed by atoms with Gasteiger partial charge >= 0.3 is 24.3 Å². The molecule has 3 rings (SSSR count). The van der Waals surface area contributed by atoms with Crippen molar-refractivity contribution in [2.45, 2.75) is 24.9 Å². The van der Waals surface area contributed by atoms with Gasteiger partial charge in [0.25, 0.3) is 0 Å². The van der Waals surface area contributed by atoms with E-state index in [1.807, 2.05) is 0 Å². The van der Waals surface area contributed by atoms with Crippen LogP contribution in [0.4, 0.5) is 5.82 Å². The first-order chi connectivity index (χ1) is 13.7. The van der Waals surface area contributed by atoms with Crippen LogP contribution in [0.15, 0.2) is 12.7 Å². The smallest absolute Gasteiger partial charge is 0.390 e. The van der Waals surface area contributed by atoms with Gasteiger partial charge in [-0.3, -0.25) is 9.46 Å². The van der Waals surface area contributed by atoms with Crippen molar-refractivity contribution >= 4 is 41.3 Å². The predicted molar refractivity (Wildman–Crippen MR) is 94.8 cm³/mol. The summed E-state index contributed by atoms with van der Waals surface area (Å²) in [4.78, 5) is 30.0. The molecule has 3 unspecified atom stereocenters. The molecule has 4 N–H and O–H groups in total. The summed E-state index contributed by atoms with van der Waals surface area (Å²) in [5.74, 6) is 0.515. The fourth-order valence-electron chi connectivity index (χ4n) is 2.63. The third-order valence-corrected chi connectivity index (χ3v) is 6.90. The Morgan fingerprint density at radius 3 is 2.83 bits per heavy atom. The molecular weight excluding hydrogens is 455 g/mol. The lowest BCUT2D eigenvalue weighted by Gasteiger charge is -2.13. The second kappa shape index (κ2) is 9.11. The molecule has 158 valence electrons. The van der Waals surface area contributed by atoms with Crippen LogP contribution >= 0.6 is 24.3 Å². The number of anilines is 1. The van der Waals surface area contributed by atoms with E-state index in [1.165, 1.54) is 12.7 Å². The zero-order valence-corrected chi connectivity index (χ0v) is 17.3. The van der Waals surface area contributed by atoms with Gasteiger partial charge in [-0.05, 0) is 0 Å². The van der Waals surface area contributed by atoms with E-state index in [9.17, 15) is 18.8 Å². The van der Waals surface area contributed by atoms with Crippen molar-refractivity contribution in [1.82, 2.24) is 19.5 Å². The van der Waals surface area contributed by atoms with Crippen LogP contribution in [0.25, 0.3) is 11.2 Å². The minimum Gasteiger partial charge on any atom is -0.390 e. The molecule has 29 heavy (non-hydrogen) atoms. The normalized spacial score (nSPS) is 25.0. The van der Waals surface area contributed by atoms with E-state index < -0.39 is 49.4 Å². The van der Waals surface area contributed by atoms with Gasteiger partial charge in [0.05, 0.1) is 12.4 Å². The van der Waals surface area contributed by atoms with Crippen LogP contribution in [0, 0.1) is 0 Å². The summed E-state index contributed by atoms with van der Waals surface area (Å²) < 4.78 is 53.1. The Morgan fingerprint density at radius 2 is 2.14 bits per heavy atom. The highest BCUT2D eigenvalue weighted by atomic mass is 31.3. The van der Waals surface area contributed by atoms with Crippen molar-refractivity contribution < 1.29 is 46.5 Å². The van der Waals surface area contributed by atoms with E-state index in [4.69, 9.17) is 19.0 Å². The number of rotatable bonds is 9. The van der Waals surface area contributed by atoms with Gasteiger partial charge in [0.1, 0.15) is 30.8 Å². The topological polar surface area (TPSA) is 204 Å². The quantitative estimate of drug-likeness (QED) is 0.376. The molecule has 1 saturated heterocycles. The van der Waals surface area contributed by atoms with Crippen molar-refractivity contribution in [2.75, 3.05) is 19.0 Å². The number of ether oxygens (including phenoxy) is 1. The molecule has 3 heterocycles. The van der Waals surface area contributed by atoms with E-state index in [0.29, 0.717) is 17.0 Å². The molecule has 1 aliphatic rings. The number of phosphoric acid groups is 1. The molecule has 1 aliphatic heterocycles. The van der Waals surface area contributed by atoms with E-state index in [-0.39, 0.29) is 6.42 Å². The van der Waals surface area contributed by atoms with Gasteiger partial charge < -0.3 is 15.2 Å². The second-order valence-electron chi connectivity index (χ2n) is 5.62. The van der Waals surface area contributed by atoms with E-state index in [1.54, 1.807) is 11.6 Å². The highest BCUT2D eigenvalue weighted by Gasteiger charge is 2.46. The van der Waals surface area contributed by atoms with Crippen molar-refractivity contribution in [1.29, 1.82) is 0 Å². The summed E-state index contributed by atoms with van der Waals surface area (Å²) in [5.41, 5.74) is 0.971. The van der Waals surface area contributed by atoms with Gasteiger partial charge in [-0.2, -0.15) is 0 Å². The highest BCUT2D eigenvalue weighted by Crippen LogP contribution is 2.57. The fraction of sp³-hybridized carbons (Fsp3) is 0.545. The zero-order valence-electron chi connectivity index (χ0n) is 14.6. The molecule has 0 aromatic carbocycles. The van der Waals surface area contributed by atoms with Gasteiger partial charge in [-0.1, -0.05) is 0 Å². The summed E-state index contributed by atoms with van der Waals surface area (Å²) in [7, 11) is -10.0. The molecule has 0 saturated carbocycles. The largest absolute Gasteiger partial charge is 0.708 e. The Morgan fingerprint density at radius 1 is 1.38 bits per heavy atom. The molecule has 0 amide bonds. The van der Waals surface area contributed by atoms with Gasteiger partial charge in [-0.25, -0.2) is 19.5 Å². The number of nitrogens with zero attached hydrogens (tertiary/aromatic N) is 4. The summed E-state index contributed by atoms with van der Waals surface area (Å²) in [6, 6.07) is 0. The van der Waals surface area contributed by atoms with Crippen LogP contribution in [0.2, 0.25) is 0 Å². The maximum atomic E-state index is 11.6. The zero-order chi connectivity index (χ0) is 21.2. The molecule has 18 heteroatoms. The predicted octanol–water partition coefficient (Wildman–Crippen LogP) is 0.974. The molecule has 0 bridgehead atoms. The van der Waals surface area contributed by atoms with Gasteiger partial charge in [-0.15, -0.1) is 9.42 Å². The van der Waals surface area contributed by atoms with Crippen LogP contribution in [-0.2, 0) is 31.6 Å². The van der Waals surface area contributed by atoms with E-state index >= 15 is 0 Å². The number of aliphatic hydroxyl groups is 1. The van der Waals surface area contributed by atoms with Crippen LogP contribution in [-0.4, -0.2) is 60.3 Å². The molecule has 0 aliphatic carbocycles. The Balaban J connectivity index is 1.61. The lowest BCUT2D eigenvalue weighted by atomic mass is 10.2. The summed E-state index contributed by atoms with van der Waals surface area (Å²) in [6.07, 6.45) is 0.334. The Labute approximate surface area is 164 Å². The molecule has 6 atom stereocenters. The number of hydrogen-bond donors (Lipinski definition) is 4. The van der Waals surface area contributed by atoms with Crippen molar-refractivity contribution in [3.63, 3.8) is 0 Å². The molecule has 15 nitrogen and oxygen atoms in total. The molecule has 1 fully saturated rings. The van der Waals surface area contributed by atoms with E-state index in [2.05, 4.69) is 28.9 Å². The number of fused-ring (bicyclic) bond motifs is 1. The number of nitrogens with one attached hydrogen (secondary N) is 1. The highest BCUT2D eigenvalue weighted by molar-refractivity contribution is 7.61. The van der Waals surface area contributed by atoms with Gasteiger partial charge in [0.2, 0.25) is 0 Å². The lowest BCUT2D eigenvalue weighted by Crippen LogP contribution is -2.25. The third-order valence-electron chi connectivity index (χ3n) is 3.80. The third kappa shape index (κ3) is 5.36. The molecule has 0 radical (unpaired) electrons. The number of aliphatic hydroxyl groups excluding tert-OH is 1. The first-order valence-corrected chi connectivity index (χ1v) is 11.6. The number of hydrogen-bond acceptors (Lipinski definition) is 12. The van der Waals surface area contributed by atoms with Crippen LogP contribution in [0.3, 0.4) is 0 Å². The van der Waals surface area contributed by atoms with Crippen LogP contribution in [0.1, 0.15) is 12.6 Å². The molecule has 2 aromatic rings. The van der Waals surface area contributed by atoms with Crippen molar-refractivity contribution in [2.24, 2.45) is 0 Å². The molecule has 2 aromatic heterocycles. The first kappa shape index (κ1) is 22.2. The maximum Gasteiger partial charge on any atom is 0.708 e. The summed E-state index contributed by atoms with van der Waals surface area (Å²) in [6.45, 7) is -0.457. The standard InChI is InChI=1S/C11H14N5O10P3/c1-12-10-9-11(14-4-13-10)16(5-15-9)8-2-6(17)7(24-8)3-23-28(20)26-29(21,22)25-27(18)19/h4-8,17H,2-3H2,1H3,(H-2,12,13,14,18,19,21,22)/p+2/t6-,7+,8+/m0/s1. The fourth-order valence-corrected chi connectivity index (χ4v) is 4.85. The van der Waals surface area contributed by atoms with Gasteiger partial charge in [0.15, 0.2) is 11.5 Å². The average molecular weight is 471 g/mol. The monoisotopic (exact) mass is 471 g/mol. The summed E-state index contributed by atoms with van der Waals surface area (Å²) in [5, 5.41) is 13.1. The molecular formula is C11H16N5O10P3+2. The Bertz CT molecular complexity index is 972. The Kier molecular flexibility index (Phi) is 6.97. The SMILES string of the molecule is CNc1ncnc2c1ncn2[C@H]1C[C@H](O)[C@@H](CO[P+](=O)OP(=O)(O)O[P+](=O)O)O1. The average Bonchev–Trinajstić information content (AvgIpc) is 3.21. The number of aromatic nitrogens is 4. The minimum absolute atomic E-state index is 0.141. The van der Waals surface area contributed by atoms with Crippen molar-refractivity contribution in [3.8, 4) is 0 Å². The first-order valence-electron chi connectivity index (χ1n) is 7.87. The van der Waals surface area contributed by atoms with Crippen LogP contribution in [0.5, 0.6) is 0 Å². The van der Waals surface area contributed by atoms with Gasteiger partial charge in [0, 0.05) is 31.2 Å². The minimum atomic E-state index is -5.05. The summed E-state index contributed by atoms with van der Waals surface area (Å²) >= 11 is 0. The lowest BCUT2D eigenvalue weighted by molar-refractivity contribution is -0.0384. The Hall–Kier alpha value is -1.50. The number of imidazole rings is 1. The second-order valence-corrected chi connectivity index (χ2v) is 9.04. The van der Waals surface area contributed by atoms with E-state index in [0.717, 1.165) is 0 Å². The molecule has 0 spiro atoms. The van der Waals surface area contributed by atoms with Crippen LogP contribution < -0.4 is 5.32 Å².